The Morgan fingerprint density at radius 1 is 1.55 bits per heavy atom. The van der Waals surface area contributed by atoms with Crippen LogP contribution in [-0.4, -0.2) is 30.5 Å². The van der Waals surface area contributed by atoms with Crippen LogP contribution in [0.2, 0.25) is 0 Å². The minimum absolute atomic E-state index is 0.964. The van der Waals surface area contributed by atoms with E-state index in [-0.39, 0.29) is 0 Å². The van der Waals surface area contributed by atoms with Gasteiger partial charge in [-0.3, -0.25) is 4.98 Å². The van der Waals surface area contributed by atoms with Crippen LogP contribution < -0.4 is 0 Å². The number of hydrogen-bond donors (Lipinski definition) is 0. The van der Waals surface area contributed by atoms with Crippen molar-refractivity contribution < 1.29 is 0 Å². The summed E-state index contributed by atoms with van der Waals surface area (Å²) in [6.45, 7) is 0.964. The van der Waals surface area contributed by atoms with E-state index in [4.69, 9.17) is 0 Å². The minimum Gasteiger partial charge on any atom is -0.309 e. The second kappa shape index (κ2) is 4.09. The summed E-state index contributed by atoms with van der Waals surface area (Å²) in [5, 5.41) is 0. The van der Waals surface area contributed by atoms with Gasteiger partial charge in [-0.2, -0.15) is 0 Å². The van der Waals surface area contributed by atoms with Gasteiger partial charge < -0.3 is 4.90 Å². The third-order valence-corrected chi connectivity index (χ3v) is 1.38. The first-order valence-electron chi connectivity index (χ1n) is 3.67. The molecule has 0 aliphatic heterocycles. The van der Waals surface area contributed by atoms with Crippen LogP contribution in [0.3, 0.4) is 0 Å². The van der Waals surface area contributed by atoms with E-state index in [9.17, 15) is 0 Å². The summed E-state index contributed by atoms with van der Waals surface area (Å²) in [6.07, 6.45) is 5.80. The molecule has 0 fully saturated rings. The van der Waals surface area contributed by atoms with E-state index in [0.29, 0.717) is 0 Å². The van der Waals surface area contributed by atoms with Gasteiger partial charge in [0.1, 0.15) is 0 Å². The molecule has 0 saturated carbocycles. The van der Waals surface area contributed by atoms with Gasteiger partial charge in [-0.05, 0) is 25.7 Å². The Labute approximate surface area is 67.9 Å². The molecule has 0 N–H and O–H groups in total. The molecular formula is C9H13N2. The Kier molecular flexibility index (Phi) is 3.05. The molecule has 0 unspecified atom stereocenters. The van der Waals surface area contributed by atoms with Gasteiger partial charge >= 0.3 is 0 Å². The van der Waals surface area contributed by atoms with Crippen molar-refractivity contribution in [2.45, 2.75) is 0 Å². The average molecular weight is 149 g/mol. The third kappa shape index (κ3) is 3.14. The highest BCUT2D eigenvalue weighted by molar-refractivity contribution is 5.18. The first kappa shape index (κ1) is 8.21. The fraction of sp³-hybridized carbons (Fsp3) is 0.333. The molecule has 59 valence electrons. The lowest BCUT2D eigenvalue weighted by Gasteiger charge is -2.07. The van der Waals surface area contributed by atoms with Crippen molar-refractivity contribution in [1.82, 2.24) is 9.88 Å². The lowest BCUT2D eigenvalue weighted by atomic mass is 10.2. The first-order chi connectivity index (χ1) is 5.29. The molecular weight excluding hydrogens is 136 g/mol. The number of pyridine rings is 1. The second-order valence-corrected chi connectivity index (χ2v) is 2.75. The predicted molar refractivity (Wildman–Crippen MR) is 46.2 cm³/mol. The van der Waals surface area contributed by atoms with Crippen LogP contribution in [0.5, 0.6) is 0 Å². The van der Waals surface area contributed by atoms with Crippen LogP contribution in [0.15, 0.2) is 24.5 Å². The van der Waals surface area contributed by atoms with Crippen molar-refractivity contribution in [2.24, 2.45) is 0 Å². The second-order valence-electron chi connectivity index (χ2n) is 2.75. The molecule has 0 atom stereocenters. The van der Waals surface area contributed by atoms with Gasteiger partial charge in [0.05, 0.1) is 0 Å². The molecule has 0 aliphatic rings. The molecule has 1 rings (SSSR count). The molecule has 0 aromatic carbocycles. The van der Waals surface area contributed by atoms with Crippen molar-refractivity contribution in [3.8, 4) is 0 Å². The maximum atomic E-state index is 4.01. The molecule has 1 aromatic heterocycles. The number of nitrogens with zero attached hydrogens (tertiary/aromatic N) is 2. The number of aromatic nitrogens is 1. The molecule has 0 spiro atoms. The summed E-state index contributed by atoms with van der Waals surface area (Å²) in [5.74, 6) is 0. The van der Waals surface area contributed by atoms with Crippen LogP contribution >= 0.6 is 0 Å². The predicted octanol–water partition coefficient (Wildman–Crippen LogP) is 1.20. The molecule has 0 bridgehead atoms. The van der Waals surface area contributed by atoms with Crippen molar-refractivity contribution in [2.75, 3.05) is 20.6 Å². The lowest BCUT2D eigenvalue weighted by molar-refractivity contribution is 0.445. The molecule has 11 heavy (non-hydrogen) atoms. The zero-order valence-corrected chi connectivity index (χ0v) is 6.99. The van der Waals surface area contributed by atoms with Crippen LogP contribution in [-0.2, 0) is 0 Å². The SMILES string of the molecule is CN(C)C[CH]c1cccnc1. The molecule has 2 heteroatoms. The van der Waals surface area contributed by atoms with E-state index < -0.39 is 0 Å². The minimum atomic E-state index is 0.964. The van der Waals surface area contributed by atoms with Gasteiger partial charge in [0, 0.05) is 25.4 Å². The zero-order chi connectivity index (χ0) is 8.10. The summed E-state index contributed by atoms with van der Waals surface area (Å²) in [4.78, 5) is 6.13. The fourth-order valence-corrected chi connectivity index (χ4v) is 0.785. The van der Waals surface area contributed by atoms with E-state index in [1.165, 1.54) is 5.56 Å². The van der Waals surface area contributed by atoms with E-state index in [2.05, 4.69) is 22.4 Å². The standard InChI is InChI=1S/C9H13N2/c1-11(2)7-5-9-4-3-6-10-8-9/h3-6,8H,7H2,1-2H3. The highest BCUT2D eigenvalue weighted by Gasteiger charge is 1.92. The number of rotatable bonds is 3. The maximum Gasteiger partial charge on any atom is 0.0303 e. The van der Waals surface area contributed by atoms with Crippen LogP contribution in [0, 0.1) is 6.42 Å². The fourth-order valence-electron chi connectivity index (χ4n) is 0.785. The van der Waals surface area contributed by atoms with E-state index in [0.717, 1.165) is 6.54 Å². The summed E-state index contributed by atoms with van der Waals surface area (Å²) >= 11 is 0. The van der Waals surface area contributed by atoms with Gasteiger partial charge in [-0.25, -0.2) is 0 Å². The highest BCUT2D eigenvalue weighted by atomic mass is 15.0. The van der Waals surface area contributed by atoms with Gasteiger partial charge in [-0.1, -0.05) is 6.07 Å². The van der Waals surface area contributed by atoms with Gasteiger partial charge in [0.25, 0.3) is 0 Å². The van der Waals surface area contributed by atoms with Crippen LogP contribution in [0.4, 0.5) is 0 Å². The molecule has 1 aromatic rings. The third-order valence-electron chi connectivity index (χ3n) is 1.38. The largest absolute Gasteiger partial charge is 0.309 e. The summed E-state index contributed by atoms with van der Waals surface area (Å²) in [5.41, 5.74) is 1.18. The Morgan fingerprint density at radius 2 is 2.36 bits per heavy atom. The van der Waals surface area contributed by atoms with Crippen LogP contribution in [0.25, 0.3) is 0 Å². The molecule has 0 amide bonds. The van der Waals surface area contributed by atoms with Crippen molar-refractivity contribution in [3.63, 3.8) is 0 Å². The number of hydrogen-bond acceptors (Lipinski definition) is 2. The zero-order valence-electron chi connectivity index (χ0n) is 6.99. The molecule has 1 radical (unpaired) electrons. The topological polar surface area (TPSA) is 16.1 Å². The summed E-state index contributed by atoms with van der Waals surface area (Å²) in [7, 11) is 4.10. The van der Waals surface area contributed by atoms with Crippen molar-refractivity contribution >= 4 is 0 Å². The molecule has 2 nitrogen and oxygen atoms in total. The lowest BCUT2D eigenvalue weighted by Crippen LogP contribution is -2.13. The van der Waals surface area contributed by atoms with E-state index in [1.54, 1.807) is 6.20 Å². The molecule has 0 aliphatic carbocycles. The Bertz CT molecular complexity index is 194. The van der Waals surface area contributed by atoms with Gasteiger partial charge in [0.15, 0.2) is 0 Å². The summed E-state index contributed by atoms with van der Waals surface area (Å²) in [6, 6.07) is 4.00. The molecule has 1 heterocycles. The van der Waals surface area contributed by atoms with Crippen molar-refractivity contribution in [1.29, 1.82) is 0 Å². The van der Waals surface area contributed by atoms with Gasteiger partial charge in [0.2, 0.25) is 0 Å². The maximum absolute atomic E-state index is 4.01. The van der Waals surface area contributed by atoms with Crippen molar-refractivity contribution in [3.05, 3.63) is 36.5 Å². The highest BCUT2D eigenvalue weighted by Crippen LogP contribution is 1.99. The Hall–Kier alpha value is -0.890. The van der Waals surface area contributed by atoms with E-state index in [1.807, 2.05) is 26.4 Å². The van der Waals surface area contributed by atoms with E-state index >= 15 is 0 Å². The first-order valence-corrected chi connectivity index (χ1v) is 3.67. The van der Waals surface area contributed by atoms with Gasteiger partial charge in [-0.15, -0.1) is 0 Å². The quantitative estimate of drug-likeness (QED) is 0.642. The normalized spacial score (nSPS) is 10.5. The average Bonchev–Trinajstić information content (AvgIpc) is 2.03. The van der Waals surface area contributed by atoms with Crippen LogP contribution in [0.1, 0.15) is 5.56 Å². The summed E-state index contributed by atoms with van der Waals surface area (Å²) < 4.78 is 0. The number of likely N-dealkylation sites (N-methyl/N-ethyl adjacent to an activating group) is 1. The monoisotopic (exact) mass is 149 g/mol. The Balaban J connectivity index is 2.39. The molecule has 0 saturated heterocycles. The smallest absolute Gasteiger partial charge is 0.0303 e. The Morgan fingerprint density at radius 3 is 2.91 bits per heavy atom.